The number of hydrogen-bond acceptors (Lipinski definition) is 5. The summed E-state index contributed by atoms with van der Waals surface area (Å²) in [5.74, 6) is -0.387. The number of amides is 1. The van der Waals surface area contributed by atoms with Crippen molar-refractivity contribution < 1.29 is 4.79 Å². The molecule has 0 bridgehead atoms. The SMILES string of the molecule is O=C(Cn1cnc2c(nnn2Cc2cccc(Cl)c2)c1=O)Nc1cccc(Cl)c1. The highest BCUT2D eigenvalue weighted by molar-refractivity contribution is 6.31. The van der Waals surface area contributed by atoms with Crippen LogP contribution in [0.5, 0.6) is 0 Å². The van der Waals surface area contributed by atoms with Gasteiger partial charge < -0.3 is 5.32 Å². The number of benzene rings is 2. The van der Waals surface area contributed by atoms with Crippen molar-refractivity contribution >= 4 is 46.0 Å². The summed E-state index contributed by atoms with van der Waals surface area (Å²) in [6, 6.07) is 14.0. The predicted molar refractivity (Wildman–Crippen MR) is 110 cm³/mol. The molecule has 0 unspecified atom stereocenters. The number of carbonyl (C=O) groups is 1. The Balaban J connectivity index is 1.55. The van der Waals surface area contributed by atoms with E-state index in [9.17, 15) is 9.59 Å². The molecule has 29 heavy (non-hydrogen) atoms. The minimum absolute atomic E-state index is 0.0880. The highest BCUT2D eigenvalue weighted by atomic mass is 35.5. The summed E-state index contributed by atoms with van der Waals surface area (Å²) in [4.78, 5) is 29.2. The van der Waals surface area contributed by atoms with Gasteiger partial charge in [0.1, 0.15) is 12.9 Å². The lowest BCUT2D eigenvalue weighted by Crippen LogP contribution is -2.28. The van der Waals surface area contributed by atoms with Crippen LogP contribution in [0.4, 0.5) is 5.69 Å². The summed E-state index contributed by atoms with van der Waals surface area (Å²) in [6.07, 6.45) is 1.31. The molecule has 0 fully saturated rings. The first-order valence-corrected chi connectivity index (χ1v) is 9.34. The highest BCUT2D eigenvalue weighted by Crippen LogP contribution is 2.15. The fourth-order valence-corrected chi connectivity index (χ4v) is 3.24. The maximum atomic E-state index is 12.7. The van der Waals surface area contributed by atoms with E-state index in [1.54, 1.807) is 36.4 Å². The van der Waals surface area contributed by atoms with Gasteiger partial charge >= 0.3 is 0 Å². The molecule has 1 amide bonds. The molecule has 1 N–H and O–H groups in total. The normalized spacial score (nSPS) is 11.0. The van der Waals surface area contributed by atoms with Crippen LogP contribution in [0.3, 0.4) is 0 Å². The molecule has 8 nitrogen and oxygen atoms in total. The van der Waals surface area contributed by atoms with Gasteiger partial charge in [-0.3, -0.25) is 14.2 Å². The molecule has 0 aliphatic heterocycles. The zero-order chi connectivity index (χ0) is 20.4. The van der Waals surface area contributed by atoms with Crippen LogP contribution in [-0.2, 0) is 17.9 Å². The number of rotatable bonds is 5. The van der Waals surface area contributed by atoms with E-state index in [-0.39, 0.29) is 18.0 Å². The molecule has 4 aromatic rings. The third kappa shape index (κ3) is 4.28. The van der Waals surface area contributed by atoms with Crippen LogP contribution in [0.25, 0.3) is 11.2 Å². The summed E-state index contributed by atoms with van der Waals surface area (Å²) >= 11 is 11.9. The number of nitrogens with one attached hydrogen (secondary N) is 1. The van der Waals surface area contributed by atoms with Crippen molar-refractivity contribution in [2.45, 2.75) is 13.1 Å². The van der Waals surface area contributed by atoms with Gasteiger partial charge in [-0.25, -0.2) is 9.67 Å². The van der Waals surface area contributed by atoms with Crippen molar-refractivity contribution in [3.05, 3.63) is 80.8 Å². The molecular weight excluding hydrogens is 415 g/mol. The van der Waals surface area contributed by atoms with Gasteiger partial charge in [-0.1, -0.05) is 46.6 Å². The fourth-order valence-electron chi connectivity index (χ4n) is 2.84. The summed E-state index contributed by atoms with van der Waals surface area (Å²) < 4.78 is 2.69. The van der Waals surface area contributed by atoms with Crippen LogP contribution in [0.2, 0.25) is 10.0 Å². The van der Waals surface area contributed by atoms with E-state index in [4.69, 9.17) is 23.2 Å². The standard InChI is InChI=1S/C19H14Cl2N6O2/c20-13-4-1-3-12(7-13)9-27-18-17(24-25-27)19(29)26(11-22-18)10-16(28)23-15-6-2-5-14(21)8-15/h1-8,11H,9-10H2,(H,23,28). The molecule has 0 atom stereocenters. The lowest BCUT2D eigenvalue weighted by molar-refractivity contribution is -0.116. The molecule has 0 saturated heterocycles. The van der Waals surface area contributed by atoms with Crippen molar-refractivity contribution in [2.24, 2.45) is 0 Å². The molecule has 0 radical (unpaired) electrons. The molecule has 0 aliphatic carbocycles. The first kappa shape index (κ1) is 19.1. The maximum Gasteiger partial charge on any atom is 0.283 e. The van der Waals surface area contributed by atoms with Crippen LogP contribution >= 0.6 is 23.2 Å². The minimum Gasteiger partial charge on any atom is -0.324 e. The number of anilines is 1. The molecule has 2 aromatic carbocycles. The lowest BCUT2D eigenvalue weighted by atomic mass is 10.2. The quantitative estimate of drug-likeness (QED) is 0.527. The average Bonchev–Trinajstić information content (AvgIpc) is 3.07. The first-order chi connectivity index (χ1) is 14.0. The summed E-state index contributed by atoms with van der Waals surface area (Å²) in [5, 5.41) is 11.7. The predicted octanol–water partition coefficient (Wildman–Crippen LogP) is 2.98. The molecule has 4 rings (SSSR count). The van der Waals surface area contributed by atoms with E-state index in [0.717, 1.165) is 5.56 Å². The van der Waals surface area contributed by atoms with Crippen LogP contribution in [0.15, 0.2) is 59.7 Å². The van der Waals surface area contributed by atoms with E-state index in [1.807, 2.05) is 12.1 Å². The van der Waals surface area contributed by atoms with E-state index < -0.39 is 5.56 Å². The number of nitrogens with zero attached hydrogens (tertiary/aromatic N) is 5. The highest BCUT2D eigenvalue weighted by Gasteiger charge is 2.14. The number of halogens is 2. The van der Waals surface area contributed by atoms with Crippen molar-refractivity contribution in [3.63, 3.8) is 0 Å². The largest absolute Gasteiger partial charge is 0.324 e. The third-order valence-electron chi connectivity index (χ3n) is 4.14. The van der Waals surface area contributed by atoms with Gasteiger partial charge in [-0.2, -0.15) is 0 Å². The Morgan fingerprint density at radius 2 is 1.83 bits per heavy atom. The zero-order valence-electron chi connectivity index (χ0n) is 14.9. The van der Waals surface area contributed by atoms with Gasteiger partial charge in [0, 0.05) is 15.7 Å². The van der Waals surface area contributed by atoms with Gasteiger partial charge in [0.05, 0.1) is 6.54 Å². The Labute approximate surface area is 174 Å². The number of hydrogen-bond donors (Lipinski definition) is 1. The average molecular weight is 429 g/mol. The molecule has 0 saturated carbocycles. The van der Waals surface area contributed by atoms with Gasteiger partial charge in [0.25, 0.3) is 5.56 Å². The van der Waals surface area contributed by atoms with Gasteiger partial charge in [0.2, 0.25) is 5.91 Å². The fraction of sp³-hybridized carbons (Fsp3) is 0.105. The van der Waals surface area contributed by atoms with Gasteiger partial charge in [-0.05, 0) is 35.9 Å². The van der Waals surface area contributed by atoms with Gasteiger partial charge in [0.15, 0.2) is 11.2 Å². The Bertz CT molecular complexity index is 1270. The molecule has 10 heteroatoms. The Morgan fingerprint density at radius 1 is 1.07 bits per heavy atom. The smallest absolute Gasteiger partial charge is 0.283 e. The number of fused-ring (bicyclic) bond motifs is 1. The first-order valence-electron chi connectivity index (χ1n) is 8.58. The summed E-state index contributed by atoms with van der Waals surface area (Å²) in [5.41, 5.74) is 1.41. The Kier molecular flexibility index (Phi) is 5.28. The van der Waals surface area contributed by atoms with E-state index >= 15 is 0 Å². The molecule has 0 aliphatic rings. The van der Waals surface area contributed by atoms with Crippen LogP contribution < -0.4 is 10.9 Å². The zero-order valence-corrected chi connectivity index (χ0v) is 16.4. The number of aromatic nitrogens is 5. The Hall–Kier alpha value is -3.23. The molecule has 2 heterocycles. The van der Waals surface area contributed by atoms with E-state index in [0.29, 0.717) is 27.9 Å². The molecular formula is C19H14Cl2N6O2. The summed E-state index contributed by atoms with van der Waals surface area (Å²) in [7, 11) is 0. The van der Waals surface area contributed by atoms with Crippen molar-refractivity contribution in [3.8, 4) is 0 Å². The van der Waals surface area contributed by atoms with Gasteiger partial charge in [-0.15, -0.1) is 5.10 Å². The topological polar surface area (TPSA) is 94.7 Å². The van der Waals surface area contributed by atoms with Crippen molar-refractivity contribution in [2.75, 3.05) is 5.32 Å². The third-order valence-corrected chi connectivity index (χ3v) is 4.61. The van der Waals surface area contributed by atoms with Crippen LogP contribution in [-0.4, -0.2) is 30.5 Å². The Morgan fingerprint density at radius 3 is 2.59 bits per heavy atom. The minimum atomic E-state index is -0.450. The van der Waals surface area contributed by atoms with Crippen molar-refractivity contribution in [1.82, 2.24) is 24.5 Å². The summed E-state index contributed by atoms with van der Waals surface area (Å²) in [6.45, 7) is 0.151. The van der Waals surface area contributed by atoms with Crippen LogP contribution in [0, 0.1) is 0 Å². The molecule has 2 aromatic heterocycles. The lowest BCUT2D eigenvalue weighted by Gasteiger charge is -2.07. The molecule has 0 spiro atoms. The van der Waals surface area contributed by atoms with E-state index in [1.165, 1.54) is 15.6 Å². The second kappa shape index (κ2) is 8.02. The van der Waals surface area contributed by atoms with Crippen molar-refractivity contribution in [1.29, 1.82) is 0 Å². The van der Waals surface area contributed by atoms with E-state index in [2.05, 4.69) is 20.6 Å². The second-order valence-electron chi connectivity index (χ2n) is 6.29. The number of carbonyl (C=O) groups excluding carboxylic acids is 1. The molecule has 146 valence electrons. The van der Waals surface area contributed by atoms with Crippen LogP contribution in [0.1, 0.15) is 5.56 Å². The maximum absolute atomic E-state index is 12.7. The monoisotopic (exact) mass is 428 g/mol. The second-order valence-corrected chi connectivity index (χ2v) is 7.16.